The molecule has 8 aromatic rings. The van der Waals surface area contributed by atoms with E-state index in [9.17, 15) is 0 Å². The number of aromatic amines is 1. The monoisotopic (exact) mass is 663 g/mol. The first-order chi connectivity index (χ1) is 25.6. The van der Waals surface area contributed by atoms with Gasteiger partial charge in [-0.1, -0.05) is 146 Å². The number of hydrogen-bond acceptors (Lipinski definition) is 1. The molecule has 2 aliphatic carbocycles. The number of nitrogens with one attached hydrogen (secondary N) is 1. The molecule has 245 valence electrons. The van der Waals surface area contributed by atoms with Gasteiger partial charge >= 0.3 is 0 Å². The second-order valence-corrected chi connectivity index (χ2v) is 15.1. The quantitative estimate of drug-likeness (QED) is 0.186. The van der Waals surface area contributed by atoms with Crippen molar-refractivity contribution < 1.29 is 0 Å². The Morgan fingerprint density at radius 1 is 0.596 bits per heavy atom. The molecule has 0 spiro atoms. The van der Waals surface area contributed by atoms with Crippen molar-refractivity contribution in [3.05, 3.63) is 186 Å². The van der Waals surface area contributed by atoms with Crippen molar-refractivity contribution in [3.63, 3.8) is 0 Å². The molecule has 1 unspecified atom stereocenters. The molecule has 11 rings (SSSR count). The van der Waals surface area contributed by atoms with Gasteiger partial charge in [-0.15, -0.1) is 0 Å². The van der Waals surface area contributed by atoms with Gasteiger partial charge in [0.05, 0.1) is 5.52 Å². The van der Waals surface area contributed by atoms with Gasteiger partial charge in [-0.05, 0) is 87.3 Å². The van der Waals surface area contributed by atoms with E-state index in [0.29, 0.717) is 0 Å². The van der Waals surface area contributed by atoms with Crippen molar-refractivity contribution in [2.75, 3.05) is 4.90 Å². The first-order valence-electron chi connectivity index (χ1n) is 18.5. The molecule has 3 aliphatic rings. The molecular formula is C49H36BN2. The van der Waals surface area contributed by atoms with Crippen LogP contribution in [-0.2, 0) is 11.8 Å². The van der Waals surface area contributed by atoms with Gasteiger partial charge in [-0.3, -0.25) is 0 Å². The summed E-state index contributed by atoms with van der Waals surface area (Å²) in [5, 5.41) is 1.29. The number of para-hydroxylation sites is 3. The summed E-state index contributed by atoms with van der Waals surface area (Å²) in [6.07, 6.45) is 0.979. The third kappa shape index (κ3) is 4.14. The van der Waals surface area contributed by atoms with Crippen LogP contribution in [-0.4, -0.2) is 12.3 Å². The topological polar surface area (TPSA) is 19.0 Å². The predicted molar refractivity (Wildman–Crippen MR) is 218 cm³/mol. The Kier molecular flexibility index (Phi) is 6.26. The van der Waals surface area contributed by atoms with Gasteiger partial charge in [0.2, 0.25) is 0 Å². The van der Waals surface area contributed by atoms with Gasteiger partial charge < -0.3 is 9.88 Å². The van der Waals surface area contributed by atoms with Gasteiger partial charge in [0.15, 0.2) is 7.28 Å². The molecule has 0 saturated carbocycles. The van der Waals surface area contributed by atoms with Crippen molar-refractivity contribution in [1.82, 2.24) is 4.98 Å². The molecule has 52 heavy (non-hydrogen) atoms. The first kappa shape index (κ1) is 29.7. The summed E-state index contributed by atoms with van der Waals surface area (Å²) < 4.78 is 0. The van der Waals surface area contributed by atoms with Crippen molar-refractivity contribution in [3.8, 4) is 33.4 Å². The molecular weight excluding hydrogens is 627 g/mol. The van der Waals surface area contributed by atoms with Crippen LogP contribution in [0.1, 0.15) is 47.7 Å². The van der Waals surface area contributed by atoms with Crippen LogP contribution in [0.3, 0.4) is 0 Å². The van der Waals surface area contributed by atoms with Crippen LogP contribution in [0.15, 0.2) is 158 Å². The summed E-state index contributed by atoms with van der Waals surface area (Å²) in [5.41, 5.74) is 22.1. The molecule has 0 fully saturated rings. The van der Waals surface area contributed by atoms with Crippen LogP contribution in [0.25, 0.3) is 44.3 Å². The molecule has 3 heteroatoms. The maximum absolute atomic E-state index is 4.05. The van der Waals surface area contributed by atoms with E-state index in [1.165, 1.54) is 88.8 Å². The van der Waals surface area contributed by atoms with E-state index >= 15 is 0 Å². The summed E-state index contributed by atoms with van der Waals surface area (Å²) in [5.74, 6) is 0.242. The summed E-state index contributed by atoms with van der Waals surface area (Å²) in [7, 11) is 2.47. The second-order valence-electron chi connectivity index (χ2n) is 15.1. The standard InChI is InChI=1S/C49H36BN2/c1-49(2)42-25-12-11-21-37(42)45-38-24-13-23-36(47(38)51-48(45)49)40-28-33(52(31-16-5-3-6-17-31)32-18-7-4-8-19-32)29-41-39-27-30-15-9-10-20-34(30)35-22-14-26-43(44(35)39)50-46(40)41/h3-26,28-29,39,51H,27H2,1-2H3. The normalized spacial score (nSPS) is 15.5. The Balaban J connectivity index is 1.21. The van der Waals surface area contributed by atoms with E-state index in [-0.39, 0.29) is 11.3 Å². The predicted octanol–water partition coefficient (Wildman–Crippen LogP) is 10.9. The Morgan fingerprint density at radius 3 is 2.04 bits per heavy atom. The van der Waals surface area contributed by atoms with Crippen LogP contribution < -0.4 is 15.8 Å². The Labute approximate surface area is 305 Å². The van der Waals surface area contributed by atoms with Gasteiger partial charge in [0.1, 0.15) is 0 Å². The van der Waals surface area contributed by atoms with E-state index in [4.69, 9.17) is 0 Å². The Morgan fingerprint density at radius 2 is 1.25 bits per heavy atom. The van der Waals surface area contributed by atoms with Gasteiger partial charge in [0, 0.05) is 50.6 Å². The highest BCUT2D eigenvalue weighted by molar-refractivity contribution is 6.70. The number of anilines is 3. The van der Waals surface area contributed by atoms with Crippen LogP contribution in [0, 0.1) is 0 Å². The molecule has 2 heterocycles. The lowest BCUT2D eigenvalue weighted by atomic mass is 9.50. The average Bonchev–Trinajstić information content (AvgIpc) is 3.69. The minimum absolute atomic E-state index is 0.113. The van der Waals surface area contributed by atoms with Crippen molar-refractivity contribution in [2.45, 2.75) is 31.6 Å². The van der Waals surface area contributed by atoms with E-state index in [1.54, 1.807) is 0 Å². The molecule has 1 radical (unpaired) electrons. The molecule has 1 atom stereocenters. The minimum Gasteiger partial charge on any atom is -0.357 e. The molecule has 1 aromatic heterocycles. The number of benzene rings is 7. The lowest BCUT2D eigenvalue weighted by Gasteiger charge is -2.37. The minimum atomic E-state index is -0.113. The summed E-state index contributed by atoms with van der Waals surface area (Å²) >= 11 is 0. The second kappa shape index (κ2) is 11.0. The highest BCUT2D eigenvalue weighted by atomic mass is 15.1. The number of nitrogens with zero attached hydrogens (tertiary/aromatic N) is 1. The molecule has 0 bridgehead atoms. The zero-order valence-corrected chi connectivity index (χ0v) is 29.3. The lowest BCUT2D eigenvalue weighted by molar-refractivity contribution is 0.642. The Bertz CT molecular complexity index is 2680. The molecule has 0 amide bonds. The number of H-pyrrole nitrogens is 1. The summed E-state index contributed by atoms with van der Waals surface area (Å²) in [4.78, 5) is 6.48. The SMILES string of the molecule is CC1(C)c2ccccc2-c2c1[nH]c1c(-c3cc(N(c4ccccc4)c4ccccc4)cc4c3[B]c3cccc5c3C4Cc3ccccc3-5)cccc21. The van der Waals surface area contributed by atoms with Gasteiger partial charge in [-0.25, -0.2) is 0 Å². The highest BCUT2D eigenvalue weighted by Crippen LogP contribution is 2.53. The fourth-order valence-electron chi connectivity index (χ4n) is 9.67. The van der Waals surface area contributed by atoms with E-state index in [0.717, 1.165) is 17.8 Å². The molecule has 7 aromatic carbocycles. The number of aromatic nitrogens is 1. The number of fused-ring (bicyclic) bond motifs is 9. The van der Waals surface area contributed by atoms with E-state index in [2.05, 4.69) is 189 Å². The third-order valence-corrected chi connectivity index (χ3v) is 12.0. The molecule has 1 N–H and O–H groups in total. The highest BCUT2D eigenvalue weighted by Gasteiger charge is 2.39. The first-order valence-corrected chi connectivity index (χ1v) is 18.5. The Hall–Kier alpha value is -6.06. The van der Waals surface area contributed by atoms with E-state index < -0.39 is 0 Å². The van der Waals surface area contributed by atoms with Gasteiger partial charge in [0.25, 0.3) is 0 Å². The summed E-state index contributed by atoms with van der Waals surface area (Å²) in [6, 6.07) is 58.3. The molecule has 0 saturated heterocycles. The lowest BCUT2D eigenvalue weighted by Crippen LogP contribution is -2.42. The third-order valence-electron chi connectivity index (χ3n) is 12.0. The molecule has 1 aliphatic heterocycles. The zero-order valence-electron chi connectivity index (χ0n) is 29.3. The zero-order chi connectivity index (χ0) is 34.6. The smallest absolute Gasteiger partial charge is 0.193 e. The van der Waals surface area contributed by atoms with Crippen molar-refractivity contribution >= 4 is 46.2 Å². The van der Waals surface area contributed by atoms with Crippen LogP contribution in [0.2, 0.25) is 0 Å². The van der Waals surface area contributed by atoms with Crippen molar-refractivity contribution in [1.29, 1.82) is 0 Å². The van der Waals surface area contributed by atoms with Crippen LogP contribution >= 0.6 is 0 Å². The van der Waals surface area contributed by atoms with Crippen LogP contribution in [0.4, 0.5) is 17.1 Å². The van der Waals surface area contributed by atoms with E-state index in [1.807, 2.05) is 0 Å². The number of hydrogen-bond donors (Lipinski definition) is 1. The maximum atomic E-state index is 4.05. The number of rotatable bonds is 4. The van der Waals surface area contributed by atoms with Crippen LogP contribution in [0.5, 0.6) is 0 Å². The summed E-state index contributed by atoms with van der Waals surface area (Å²) in [6.45, 7) is 4.71. The fourth-order valence-corrected chi connectivity index (χ4v) is 9.67. The fraction of sp³-hybridized carbons (Fsp3) is 0.102. The molecule has 2 nitrogen and oxygen atoms in total. The largest absolute Gasteiger partial charge is 0.357 e. The van der Waals surface area contributed by atoms with Crippen molar-refractivity contribution in [2.24, 2.45) is 0 Å². The van der Waals surface area contributed by atoms with Gasteiger partial charge in [-0.2, -0.15) is 0 Å². The maximum Gasteiger partial charge on any atom is 0.193 e. The average molecular weight is 664 g/mol.